The van der Waals surface area contributed by atoms with Crippen LogP contribution < -0.4 is 0 Å². The van der Waals surface area contributed by atoms with Crippen molar-refractivity contribution >= 4 is 5.78 Å². The number of benzene rings is 2. The Morgan fingerprint density at radius 1 is 1.00 bits per heavy atom. The molecule has 0 bridgehead atoms. The molecule has 1 unspecified atom stereocenters. The average molecular weight is 238 g/mol. The standard InChI is InChI=1S/C17H18O/c1-12-9-10-13(2)16(11-12)17(18)14(3)15-7-5-4-6-8-15/h4-11,14H,1-3H3. The van der Waals surface area contributed by atoms with E-state index in [0.717, 1.165) is 22.3 Å². The van der Waals surface area contributed by atoms with Gasteiger partial charge in [-0.25, -0.2) is 0 Å². The summed E-state index contributed by atoms with van der Waals surface area (Å²) in [5.41, 5.74) is 4.09. The maximum atomic E-state index is 12.5. The molecule has 1 atom stereocenters. The van der Waals surface area contributed by atoms with Crippen molar-refractivity contribution in [3.63, 3.8) is 0 Å². The first-order valence-electron chi connectivity index (χ1n) is 6.26. The lowest BCUT2D eigenvalue weighted by molar-refractivity contribution is 0.0965. The molecule has 2 rings (SSSR count). The zero-order chi connectivity index (χ0) is 13.1. The first-order valence-corrected chi connectivity index (χ1v) is 6.26. The molecule has 1 nitrogen and oxygen atoms in total. The maximum absolute atomic E-state index is 12.5. The van der Waals surface area contributed by atoms with Gasteiger partial charge >= 0.3 is 0 Å². The van der Waals surface area contributed by atoms with Crippen molar-refractivity contribution in [2.45, 2.75) is 26.7 Å². The fourth-order valence-corrected chi connectivity index (χ4v) is 2.13. The van der Waals surface area contributed by atoms with Crippen LogP contribution in [0.25, 0.3) is 0 Å². The number of aryl methyl sites for hydroxylation is 2. The normalized spacial score (nSPS) is 12.2. The molecular formula is C17H18O. The van der Waals surface area contributed by atoms with Crippen LogP contribution in [-0.4, -0.2) is 5.78 Å². The predicted octanol–water partition coefficient (Wildman–Crippen LogP) is 4.29. The molecular weight excluding hydrogens is 220 g/mol. The third kappa shape index (κ3) is 2.51. The molecule has 0 spiro atoms. The Morgan fingerprint density at radius 2 is 1.67 bits per heavy atom. The van der Waals surface area contributed by atoms with E-state index in [-0.39, 0.29) is 11.7 Å². The highest BCUT2D eigenvalue weighted by Gasteiger charge is 2.18. The van der Waals surface area contributed by atoms with E-state index < -0.39 is 0 Å². The first kappa shape index (κ1) is 12.6. The van der Waals surface area contributed by atoms with E-state index >= 15 is 0 Å². The van der Waals surface area contributed by atoms with Crippen LogP contribution in [0.15, 0.2) is 48.5 Å². The lowest BCUT2D eigenvalue weighted by Crippen LogP contribution is -2.11. The average Bonchev–Trinajstić information content (AvgIpc) is 2.41. The molecule has 0 amide bonds. The number of ketones is 1. The summed E-state index contributed by atoms with van der Waals surface area (Å²) >= 11 is 0. The lowest BCUT2D eigenvalue weighted by Gasteiger charge is -2.13. The van der Waals surface area contributed by atoms with E-state index in [0.29, 0.717) is 0 Å². The quantitative estimate of drug-likeness (QED) is 0.729. The largest absolute Gasteiger partial charge is 0.293 e. The minimum atomic E-state index is -0.0910. The molecule has 0 fully saturated rings. The Hall–Kier alpha value is -1.89. The van der Waals surface area contributed by atoms with Gasteiger partial charge in [-0.1, -0.05) is 55.0 Å². The number of Topliss-reactive ketones (excluding diaryl/α,β-unsaturated/α-hetero) is 1. The molecule has 0 N–H and O–H groups in total. The monoisotopic (exact) mass is 238 g/mol. The molecule has 1 heteroatoms. The van der Waals surface area contributed by atoms with Crippen molar-refractivity contribution in [3.05, 3.63) is 70.8 Å². The van der Waals surface area contributed by atoms with Crippen LogP contribution >= 0.6 is 0 Å². The van der Waals surface area contributed by atoms with Gasteiger partial charge in [0.2, 0.25) is 0 Å². The Bertz CT molecular complexity index is 555. The van der Waals surface area contributed by atoms with E-state index in [4.69, 9.17) is 0 Å². The minimum absolute atomic E-state index is 0.0910. The van der Waals surface area contributed by atoms with E-state index in [2.05, 4.69) is 0 Å². The summed E-state index contributed by atoms with van der Waals surface area (Å²) in [4.78, 5) is 12.5. The molecule has 0 heterocycles. The number of carbonyl (C=O) groups excluding carboxylic acids is 1. The zero-order valence-corrected chi connectivity index (χ0v) is 11.1. The lowest BCUT2D eigenvalue weighted by atomic mass is 9.90. The second-order valence-corrected chi connectivity index (χ2v) is 4.81. The van der Waals surface area contributed by atoms with Gasteiger partial charge in [-0.05, 0) is 31.0 Å². The fraction of sp³-hybridized carbons (Fsp3) is 0.235. The van der Waals surface area contributed by atoms with Crippen LogP contribution in [-0.2, 0) is 0 Å². The summed E-state index contributed by atoms with van der Waals surface area (Å²) in [6.07, 6.45) is 0. The third-order valence-electron chi connectivity index (χ3n) is 3.35. The van der Waals surface area contributed by atoms with Crippen molar-refractivity contribution in [2.75, 3.05) is 0 Å². The predicted molar refractivity (Wildman–Crippen MR) is 75.1 cm³/mol. The minimum Gasteiger partial charge on any atom is -0.293 e. The first-order chi connectivity index (χ1) is 8.59. The Kier molecular flexibility index (Phi) is 3.61. The van der Waals surface area contributed by atoms with Crippen LogP contribution in [0.2, 0.25) is 0 Å². The van der Waals surface area contributed by atoms with Crippen LogP contribution in [0.4, 0.5) is 0 Å². The van der Waals surface area contributed by atoms with Crippen molar-refractivity contribution in [3.8, 4) is 0 Å². The van der Waals surface area contributed by atoms with Crippen LogP contribution in [0.1, 0.15) is 39.9 Å². The molecule has 0 aliphatic heterocycles. The molecule has 2 aromatic carbocycles. The van der Waals surface area contributed by atoms with Crippen molar-refractivity contribution in [2.24, 2.45) is 0 Å². The van der Waals surface area contributed by atoms with Gasteiger partial charge in [-0.2, -0.15) is 0 Å². The van der Waals surface area contributed by atoms with Crippen molar-refractivity contribution in [1.29, 1.82) is 0 Å². The molecule has 0 saturated carbocycles. The summed E-state index contributed by atoms with van der Waals surface area (Å²) in [7, 11) is 0. The summed E-state index contributed by atoms with van der Waals surface area (Å²) < 4.78 is 0. The summed E-state index contributed by atoms with van der Waals surface area (Å²) in [6.45, 7) is 5.98. The molecule has 0 aliphatic rings. The molecule has 0 radical (unpaired) electrons. The fourth-order valence-electron chi connectivity index (χ4n) is 2.13. The summed E-state index contributed by atoms with van der Waals surface area (Å²) in [5.74, 6) is 0.106. The molecule has 2 aromatic rings. The zero-order valence-electron chi connectivity index (χ0n) is 11.1. The van der Waals surface area contributed by atoms with Crippen molar-refractivity contribution < 1.29 is 4.79 Å². The Balaban J connectivity index is 2.34. The van der Waals surface area contributed by atoms with Gasteiger partial charge in [0.25, 0.3) is 0 Å². The second kappa shape index (κ2) is 5.18. The van der Waals surface area contributed by atoms with Gasteiger partial charge in [0.1, 0.15) is 0 Å². The molecule has 0 aliphatic carbocycles. The molecule has 92 valence electrons. The van der Waals surface area contributed by atoms with E-state index in [1.165, 1.54) is 0 Å². The number of hydrogen-bond donors (Lipinski definition) is 0. The topological polar surface area (TPSA) is 17.1 Å². The van der Waals surface area contributed by atoms with Crippen LogP contribution in [0.5, 0.6) is 0 Å². The van der Waals surface area contributed by atoms with Gasteiger partial charge in [0, 0.05) is 11.5 Å². The number of carbonyl (C=O) groups is 1. The maximum Gasteiger partial charge on any atom is 0.170 e. The molecule has 0 saturated heterocycles. The highest BCUT2D eigenvalue weighted by Crippen LogP contribution is 2.22. The summed E-state index contributed by atoms with van der Waals surface area (Å²) in [5, 5.41) is 0. The van der Waals surface area contributed by atoms with E-state index in [1.807, 2.05) is 69.3 Å². The van der Waals surface area contributed by atoms with Gasteiger partial charge in [-0.15, -0.1) is 0 Å². The SMILES string of the molecule is Cc1ccc(C)c(C(=O)C(C)c2ccccc2)c1. The van der Waals surface area contributed by atoms with Gasteiger partial charge in [0.15, 0.2) is 5.78 Å². The van der Waals surface area contributed by atoms with Crippen LogP contribution in [0.3, 0.4) is 0 Å². The van der Waals surface area contributed by atoms with Gasteiger partial charge < -0.3 is 0 Å². The van der Waals surface area contributed by atoms with Gasteiger partial charge in [-0.3, -0.25) is 4.79 Å². The molecule has 0 aromatic heterocycles. The number of rotatable bonds is 3. The van der Waals surface area contributed by atoms with Crippen molar-refractivity contribution in [1.82, 2.24) is 0 Å². The summed E-state index contributed by atoms with van der Waals surface area (Å²) in [6, 6.07) is 16.0. The second-order valence-electron chi connectivity index (χ2n) is 4.81. The highest BCUT2D eigenvalue weighted by molar-refractivity contribution is 6.02. The van der Waals surface area contributed by atoms with E-state index in [1.54, 1.807) is 0 Å². The van der Waals surface area contributed by atoms with E-state index in [9.17, 15) is 4.79 Å². The number of hydrogen-bond acceptors (Lipinski definition) is 1. The Morgan fingerprint density at radius 3 is 2.33 bits per heavy atom. The third-order valence-corrected chi connectivity index (χ3v) is 3.35. The van der Waals surface area contributed by atoms with Crippen LogP contribution in [0, 0.1) is 13.8 Å². The van der Waals surface area contributed by atoms with Gasteiger partial charge in [0.05, 0.1) is 0 Å². The highest BCUT2D eigenvalue weighted by atomic mass is 16.1. The smallest absolute Gasteiger partial charge is 0.170 e. The molecule has 18 heavy (non-hydrogen) atoms. The Labute approximate surface area is 108 Å².